The predicted molar refractivity (Wildman–Crippen MR) is 103 cm³/mol. The van der Waals surface area contributed by atoms with Crippen LogP contribution >= 0.6 is 22.9 Å². The molecular formula is C20H14ClFN2OS. The van der Waals surface area contributed by atoms with Crippen molar-refractivity contribution in [1.82, 2.24) is 9.97 Å². The van der Waals surface area contributed by atoms with E-state index < -0.39 is 0 Å². The first-order valence-electron chi connectivity index (χ1n) is 8.10. The lowest BCUT2D eigenvalue weighted by Crippen LogP contribution is -2.01. The van der Waals surface area contributed by atoms with E-state index in [1.165, 1.54) is 17.4 Å². The Labute approximate surface area is 158 Å². The molecule has 4 aromatic rings. The summed E-state index contributed by atoms with van der Waals surface area (Å²) in [4.78, 5) is 20.9. The molecule has 0 amide bonds. The number of halogens is 2. The number of fused-ring (bicyclic) bond motifs is 1. The van der Waals surface area contributed by atoms with Crippen LogP contribution in [0.15, 0.2) is 54.2 Å². The van der Waals surface area contributed by atoms with Crippen molar-refractivity contribution in [3.8, 4) is 10.4 Å². The molecule has 0 unspecified atom stereocenters. The van der Waals surface area contributed by atoms with Gasteiger partial charge in [0.1, 0.15) is 11.5 Å². The minimum atomic E-state index is -0.373. The number of carbonyl (C=O) groups excluding carboxylic acids is 1. The van der Waals surface area contributed by atoms with Crippen LogP contribution in [0.5, 0.6) is 0 Å². The lowest BCUT2D eigenvalue weighted by atomic mass is 10.0. The van der Waals surface area contributed by atoms with Gasteiger partial charge in [-0.2, -0.15) is 0 Å². The van der Waals surface area contributed by atoms with Gasteiger partial charge in [-0.15, -0.1) is 11.3 Å². The SMILES string of the molecule is O=C(CCc1c(F)cccc1Cl)c1csc(-c2c[nH]c3ncccc23)c1. The number of aromatic nitrogens is 2. The Bertz CT molecular complexity index is 1080. The Morgan fingerprint density at radius 2 is 2.15 bits per heavy atom. The van der Waals surface area contributed by atoms with E-state index in [0.717, 1.165) is 21.5 Å². The number of aromatic amines is 1. The van der Waals surface area contributed by atoms with Crippen LogP contribution in [0.25, 0.3) is 21.5 Å². The van der Waals surface area contributed by atoms with E-state index in [1.54, 1.807) is 18.3 Å². The highest BCUT2D eigenvalue weighted by Gasteiger charge is 2.15. The average molecular weight is 385 g/mol. The van der Waals surface area contributed by atoms with Crippen molar-refractivity contribution in [2.75, 3.05) is 0 Å². The highest BCUT2D eigenvalue weighted by Crippen LogP contribution is 2.33. The number of rotatable bonds is 5. The Balaban J connectivity index is 1.53. The Hall–Kier alpha value is -2.50. The summed E-state index contributed by atoms with van der Waals surface area (Å²) >= 11 is 7.54. The van der Waals surface area contributed by atoms with E-state index in [4.69, 9.17) is 11.6 Å². The first kappa shape index (κ1) is 16.9. The number of pyridine rings is 1. The first-order valence-corrected chi connectivity index (χ1v) is 9.36. The van der Waals surface area contributed by atoms with E-state index >= 15 is 0 Å². The van der Waals surface area contributed by atoms with Crippen molar-refractivity contribution in [3.63, 3.8) is 0 Å². The topological polar surface area (TPSA) is 45.8 Å². The highest BCUT2D eigenvalue weighted by molar-refractivity contribution is 7.14. The van der Waals surface area contributed by atoms with Crippen molar-refractivity contribution in [1.29, 1.82) is 0 Å². The lowest BCUT2D eigenvalue weighted by molar-refractivity contribution is 0.0983. The molecule has 0 atom stereocenters. The molecule has 0 aliphatic heterocycles. The Morgan fingerprint density at radius 3 is 3.00 bits per heavy atom. The van der Waals surface area contributed by atoms with Gasteiger partial charge in [0.25, 0.3) is 0 Å². The molecule has 1 aromatic carbocycles. The number of hydrogen-bond donors (Lipinski definition) is 1. The number of Topliss-reactive ketones (excluding diaryl/α,β-unsaturated/α-hetero) is 1. The molecule has 0 aliphatic carbocycles. The summed E-state index contributed by atoms with van der Waals surface area (Å²) in [6.45, 7) is 0. The van der Waals surface area contributed by atoms with Crippen molar-refractivity contribution in [2.24, 2.45) is 0 Å². The smallest absolute Gasteiger partial charge is 0.164 e. The summed E-state index contributed by atoms with van der Waals surface area (Å²) in [7, 11) is 0. The summed E-state index contributed by atoms with van der Waals surface area (Å²) in [5.41, 5.74) is 2.86. The monoisotopic (exact) mass is 384 g/mol. The van der Waals surface area contributed by atoms with Gasteiger partial charge >= 0.3 is 0 Å². The van der Waals surface area contributed by atoms with E-state index in [-0.39, 0.29) is 24.4 Å². The second kappa shape index (κ2) is 7.02. The molecule has 130 valence electrons. The molecule has 26 heavy (non-hydrogen) atoms. The summed E-state index contributed by atoms with van der Waals surface area (Å²) in [6, 6.07) is 10.3. The third-order valence-corrected chi connectivity index (χ3v) is 5.62. The number of benzene rings is 1. The predicted octanol–water partition coefficient (Wildman–Crippen LogP) is 5.90. The van der Waals surface area contributed by atoms with Gasteiger partial charge < -0.3 is 4.98 Å². The van der Waals surface area contributed by atoms with E-state index in [2.05, 4.69) is 9.97 Å². The summed E-state index contributed by atoms with van der Waals surface area (Å²) < 4.78 is 13.8. The fourth-order valence-electron chi connectivity index (χ4n) is 2.94. The van der Waals surface area contributed by atoms with Crippen LogP contribution in [0.3, 0.4) is 0 Å². The molecule has 0 fully saturated rings. The minimum Gasteiger partial charge on any atom is -0.345 e. The third-order valence-electron chi connectivity index (χ3n) is 4.30. The quantitative estimate of drug-likeness (QED) is 0.435. The van der Waals surface area contributed by atoms with Gasteiger partial charge in [0.15, 0.2) is 5.78 Å². The second-order valence-corrected chi connectivity index (χ2v) is 7.24. The maximum atomic E-state index is 13.8. The number of thiophene rings is 1. The van der Waals surface area contributed by atoms with Gasteiger partial charge in [-0.1, -0.05) is 17.7 Å². The van der Waals surface area contributed by atoms with Gasteiger partial charge in [-0.3, -0.25) is 4.79 Å². The average Bonchev–Trinajstić information content (AvgIpc) is 3.28. The number of hydrogen-bond acceptors (Lipinski definition) is 3. The van der Waals surface area contributed by atoms with Crippen LogP contribution in [-0.4, -0.2) is 15.8 Å². The highest BCUT2D eigenvalue weighted by atomic mass is 35.5. The zero-order valence-electron chi connectivity index (χ0n) is 13.6. The van der Waals surface area contributed by atoms with Gasteiger partial charge in [-0.05, 0) is 36.8 Å². The molecule has 0 aliphatic rings. The van der Waals surface area contributed by atoms with E-state index in [9.17, 15) is 9.18 Å². The zero-order chi connectivity index (χ0) is 18.1. The maximum Gasteiger partial charge on any atom is 0.164 e. The summed E-state index contributed by atoms with van der Waals surface area (Å²) in [5, 5.41) is 3.22. The van der Waals surface area contributed by atoms with Gasteiger partial charge in [0.05, 0.1) is 0 Å². The van der Waals surface area contributed by atoms with Gasteiger partial charge in [-0.25, -0.2) is 9.37 Å². The normalized spacial score (nSPS) is 11.2. The fourth-order valence-corrected chi connectivity index (χ4v) is 4.14. The van der Waals surface area contributed by atoms with Crippen LogP contribution in [-0.2, 0) is 6.42 Å². The third kappa shape index (κ3) is 3.16. The molecule has 1 N–H and O–H groups in total. The zero-order valence-corrected chi connectivity index (χ0v) is 15.2. The molecule has 0 saturated carbocycles. The van der Waals surface area contributed by atoms with Gasteiger partial charge in [0, 0.05) is 56.2 Å². The van der Waals surface area contributed by atoms with Crippen LogP contribution < -0.4 is 0 Å². The van der Waals surface area contributed by atoms with E-state index in [1.807, 2.05) is 29.8 Å². The summed E-state index contributed by atoms with van der Waals surface area (Å²) in [6.07, 6.45) is 4.13. The largest absolute Gasteiger partial charge is 0.345 e. The number of ketones is 1. The van der Waals surface area contributed by atoms with Gasteiger partial charge in [0.2, 0.25) is 0 Å². The molecule has 3 aromatic heterocycles. The maximum absolute atomic E-state index is 13.8. The number of H-pyrrole nitrogens is 1. The van der Waals surface area contributed by atoms with Crippen molar-refractivity contribution < 1.29 is 9.18 Å². The molecule has 0 radical (unpaired) electrons. The minimum absolute atomic E-state index is 0.0233. The van der Waals surface area contributed by atoms with Crippen LogP contribution in [0.4, 0.5) is 4.39 Å². The lowest BCUT2D eigenvalue weighted by Gasteiger charge is -2.04. The van der Waals surface area contributed by atoms with Crippen molar-refractivity contribution in [3.05, 3.63) is 76.1 Å². The van der Waals surface area contributed by atoms with Crippen LogP contribution in [0, 0.1) is 5.82 Å². The molecule has 6 heteroatoms. The summed E-state index contributed by atoms with van der Waals surface area (Å²) in [5.74, 6) is -0.396. The molecule has 0 saturated heterocycles. The van der Waals surface area contributed by atoms with Crippen molar-refractivity contribution >= 4 is 39.8 Å². The molecule has 3 heterocycles. The second-order valence-electron chi connectivity index (χ2n) is 5.92. The van der Waals surface area contributed by atoms with Crippen LogP contribution in [0.2, 0.25) is 5.02 Å². The first-order chi connectivity index (χ1) is 12.6. The van der Waals surface area contributed by atoms with E-state index in [0.29, 0.717) is 16.1 Å². The van der Waals surface area contributed by atoms with Crippen LogP contribution in [0.1, 0.15) is 22.3 Å². The fraction of sp³-hybridized carbons (Fsp3) is 0.100. The molecular weight excluding hydrogens is 371 g/mol. The van der Waals surface area contributed by atoms with Crippen molar-refractivity contribution in [2.45, 2.75) is 12.8 Å². The Morgan fingerprint density at radius 1 is 1.27 bits per heavy atom. The number of nitrogens with one attached hydrogen (secondary N) is 1. The standard InChI is InChI=1S/C20H14ClFN2OS/c21-16-4-1-5-17(22)14(16)6-7-18(25)12-9-19(26-11-12)15-10-24-20-13(15)3-2-8-23-20/h1-5,8-11H,6-7H2,(H,23,24). The molecule has 0 bridgehead atoms. The number of nitrogens with zero attached hydrogens (tertiary/aromatic N) is 1. The molecule has 4 rings (SSSR count). The molecule has 3 nitrogen and oxygen atoms in total. The Kier molecular flexibility index (Phi) is 4.57. The number of carbonyl (C=O) groups is 1. The molecule has 0 spiro atoms.